The second kappa shape index (κ2) is 6.01. The van der Waals surface area contributed by atoms with Gasteiger partial charge in [0.05, 0.1) is 5.56 Å². The monoisotopic (exact) mass is 256 g/mol. The quantitative estimate of drug-likeness (QED) is 0.833. The van der Waals surface area contributed by atoms with Crippen molar-refractivity contribution in [2.24, 2.45) is 0 Å². The molecule has 5 nitrogen and oxygen atoms in total. The minimum Gasteiger partial charge on any atom is -0.366 e. The number of anilines is 1. The van der Waals surface area contributed by atoms with Gasteiger partial charge in [0.15, 0.2) is 0 Å². The number of nitrogens with zero attached hydrogens (tertiary/aromatic N) is 3. The fourth-order valence-electron chi connectivity index (χ4n) is 2.18. The number of hydrogen-bond acceptors (Lipinski definition) is 4. The third kappa shape index (κ3) is 3.32. The van der Waals surface area contributed by atoms with Crippen LogP contribution in [0.3, 0.4) is 0 Å². The van der Waals surface area contributed by atoms with E-state index in [0.29, 0.717) is 12.1 Å². The molecule has 1 aliphatic rings. The Morgan fingerprint density at radius 2 is 2.47 bits per heavy atom. The summed E-state index contributed by atoms with van der Waals surface area (Å²) < 4.78 is 0. The van der Waals surface area contributed by atoms with Gasteiger partial charge in [-0.25, -0.2) is 4.98 Å². The topological polar surface area (TPSA) is 69.0 Å². The number of likely N-dealkylation sites (tertiary alicyclic amines) is 1. The minimum absolute atomic E-state index is 0.0284. The number of piperidine rings is 1. The first-order valence-corrected chi connectivity index (χ1v) is 6.27. The molecular formula is C14H16N4O. The highest BCUT2D eigenvalue weighted by Crippen LogP contribution is 2.15. The smallest absolute Gasteiger partial charge is 0.246 e. The summed E-state index contributed by atoms with van der Waals surface area (Å²) in [5.41, 5.74) is 0.539. The van der Waals surface area contributed by atoms with E-state index in [1.807, 2.05) is 6.07 Å². The van der Waals surface area contributed by atoms with E-state index < -0.39 is 0 Å². The molecule has 0 radical (unpaired) electrons. The van der Waals surface area contributed by atoms with Crippen molar-refractivity contribution in [3.8, 4) is 6.07 Å². The van der Waals surface area contributed by atoms with Crippen LogP contribution < -0.4 is 5.32 Å². The third-order valence-electron chi connectivity index (χ3n) is 3.15. The van der Waals surface area contributed by atoms with E-state index in [1.54, 1.807) is 17.0 Å². The van der Waals surface area contributed by atoms with Crippen molar-refractivity contribution < 1.29 is 4.79 Å². The number of pyridine rings is 1. The first kappa shape index (κ1) is 13.1. The van der Waals surface area contributed by atoms with Gasteiger partial charge < -0.3 is 10.2 Å². The Labute approximate surface area is 112 Å². The SMILES string of the molecule is C=CC(=O)N1CCCC(Nc2ccc(C#N)cn2)C1. The molecule has 1 aromatic heterocycles. The molecule has 1 amide bonds. The molecule has 0 aliphatic carbocycles. The highest BCUT2D eigenvalue weighted by molar-refractivity contribution is 5.87. The molecule has 0 aromatic carbocycles. The van der Waals surface area contributed by atoms with Crippen LogP contribution in [0, 0.1) is 11.3 Å². The molecule has 1 fully saturated rings. The van der Waals surface area contributed by atoms with Crippen LogP contribution in [0.25, 0.3) is 0 Å². The largest absolute Gasteiger partial charge is 0.366 e. The van der Waals surface area contributed by atoms with Crippen LogP contribution in [0.2, 0.25) is 0 Å². The highest BCUT2D eigenvalue weighted by Gasteiger charge is 2.22. The summed E-state index contributed by atoms with van der Waals surface area (Å²) in [6.45, 7) is 4.95. The van der Waals surface area contributed by atoms with Crippen molar-refractivity contribution in [1.29, 1.82) is 5.26 Å². The molecule has 1 atom stereocenters. The lowest BCUT2D eigenvalue weighted by molar-refractivity contribution is -0.127. The van der Waals surface area contributed by atoms with Crippen molar-refractivity contribution in [3.63, 3.8) is 0 Å². The number of aromatic nitrogens is 1. The molecule has 1 aliphatic heterocycles. The normalized spacial score (nSPS) is 18.5. The Hall–Kier alpha value is -2.35. The Kier molecular flexibility index (Phi) is 4.14. The van der Waals surface area contributed by atoms with Crippen LogP contribution in [0.1, 0.15) is 18.4 Å². The van der Waals surface area contributed by atoms with Crippen molar-refractivity contribution in [3.05, 3.63) is 36.5 Å². The predicted molar refractivity (Wildman–Crippen MR) is 72.4 cm³/mol. The maximum Gasteiger partial charge on any atom is 0.246 e. The van der Waals surface area contributed by atoms with E-state index in [0.717, 1.165) is 25.2 Å². The van der Waals surface area contributed by atoms with Crippen LogP contribution in [0.4, 0.5) is 5.82 Å². The van der Waals surface area contributed by atoms with Crippen molar-refractivity contribution >= 4 is 11.7 Å². The van der Waals surface area contributed by atoms with Gasteiger partial charge in [0.25, 0.3) is 0 Å². The van der Waals surface area contributed by atoms with Gasteiger partial charge >= 0.3 is 0 Å². The average Bonchev–Trinajstić information content (AvgIpc) is 2.47. The molecule has 19 heavy (non-hydrogen) atoms. The van der Waals surface area contributed by atoms with E-state index in [4.69, 9.17) is 5.26 Å². The van der Waals surface area contributed by atoms with Gasteiger partial charge in [-0.05, 0) is 31.1 Å². The molecule has 1 saturated heterocycles. The van der Waals surface area contributed by atoms with E-state index in [9.17, 15) is 4.79 Å². The van der Waals surface area contributed by atoms with Crippen LogP contribution in [0.5, 0.6) is 0 Å². The lowest BCUT2D eigenvalue weighted by atomic mass is 10.1. The molecule has 2 rings (SSSR count). The first-order valence-electron chi connectivity index (χ1n) is 6.27. The average molecular weight is 256 g/mol. The third-order valence-corrected chi connectivity index (χ3v) is 3.15. The second-order valence-electron chi connectivity index (χ2n) is 4.52. The summed E-state index contributed by atoms with van der Waals surface area (Å²) in [4.78, 5) is 17.5. The summed E-state index contributed by atoms with van der Waals surface area (Å²) in [7, 11) is 0. The number of nitrogens with one attached hydrogen (secondary N) is 1. The van der Waals surface area contributed by atoms with Crippen molar-refractivity contribution in [2.45, 2.75) is 18.9 Å². The van der Waals surface area contributed by atoms with Gasteiger partial charge in [-0.15, -0.1) is 0 Å². The maximum atomic E-state index is 11.6. The zero-order valence-electron chi connectivity index (χ0n) is 10.7. The fraction of sp³-hybridized carbons (Fsp3) is 0.357. The number of nitriles is 1. The predicted octanol–water partition coefficient (Wildman–Crippen LogP) is 1.54. The fourth-order valence-corrected chi connectivity index (χ4v) is 2.18. The molecule has 98 valence electrons. The van der Waals surface area contributed by atoms with Crippen LogP contribution in [-0.4, -0.2) is 34.9 Å². The van der Waals surface area contributed by atoms with Gasteiger partial charge in [0.1, 0.15) is 11.9 Å². The summed E-state index contributed by atoms with van der Waals surface area (Å²) in [6, 6.07) is 5.74. The summed E-state index contributed by atoms with van der Waals surface area (Å²) >= 11 is 0. The molecular weight excluding hydrogens is 240 g/mol. The van der Waals surface area contributed by atoms with E-state index in [-0.39, 0.29) is 11.9 Å². The molecule has 1 aromatic rings. The second-order valence-corrected chi connectivity index (χ2v) is 4.52. The van der Waals surface area contributed by atoms with Gasteiger partial charge in [0, 0.05) is 25.3 Å². The first-order chi connectivity index (χ1) is 9.22. The highest BCUT2D eigenvalue weighted by atomic mass is 16.2. The van der Waals surface area contributed by atoms with E-state index in [1.165, 1.54) is 12.3 Å². The van der Waals surface area contributed by atoms with Gasteiger partial charge in [-0.3, -0.25) is 4.79 Å². The molecule has 1 unspecified atom stereocenters. The molecule has 0 spiro atoms. The molecule has 2 heterocycles. The van der Waals surface area contributed by atoms with Gasteiger partial charge in [0.2, 0.25) is 5.91 Å². The zero-order chi connectivity index (χ0) is 13.7. The number of carbonyl (C=O) groups excluding carboxylic acids is 1. The van der Waals surface area contributed by atoms with Crippen LogP contribution in [-0.2, 0) is 4.79 Å². The van der Waals surface area contributed by atoms with Gasteiger partial charge in [-0.1, -0.05) is 6.58 Å². The maximum absolute atomic E-state index is 11.6. The number of carbonyl (C=O) groups is 1. The summed E-state index contributed by atoms with van der Waals surface area (Å²) in [5, 5.41) is 12.0. The summed E-state index contributed by atoms with van der Waals surface area (Å²) in [5.74, 6) is 0.705. The zero-order valence-corrected chi connectivity index (χ0v) is 10.7. The number of hydrogen-bond donors (Lipinski definition) is 1. The van der Waals surface area contributed by atoms with Crippen molar-refractivity contribution in [1.82, 2.24) is 9.88 Å². The lowest BCUT2D eigenvalue weighted by Gasteiger charge is -2.32. The van der Waals surface area contributed by atoms with E-state index >= 15 is 0 Å². The lowest BCUT2D eigenvalue weighted by Crippen LogP contribution is -2.44. The standard InChI is InChI=1S/C14H16N4O/c1-2-14(19)18-7-3-4-12(10-18)17-13-6-5-11(8-15)9-16-13/h2,5-6,9,12H,1,3-4,7,10H2,(H,16,17). The molecule has 0 bridgehead atoms. The Bertz CT molecular complexity index is 503. The number of rotatable bonds is 3. The van der Waals surface area contributed by atoms with E-state index in [2.05, 4.69) is 16.9 Å². The van der Waals surface area contributed by atoms with Crippen LogP contribution >= 0.6 is 0 Å². The van der Waals surface area contributed by atoms with Gasteiger partial charge in [-0.2, -0.15) is 5.26 Å². The minimum atomic E-state index is -0.0284. The van der Waals surface area contributed by atoms with Crippen LogP contribution in [0.15, 0.2) is 31.0 Å². The van der Waals surface area contributed by atoms with Crippen molar-refractivity contribution in [2.75, 3.05) is 18.4 Å². The summed E-state index contributed by atoms with van der Waals surface area (Å²) in [6.07, 6.45) is 4.86. The molecule has 1 N–H and O–H groups in total. The Morgan fingerprint density at radius 3 is 3.11 bits per heavy atom. The Balaban J connectivity index is 1.96. The Morgan fingerprint density at radius 1 is 1.63 bits per heavy atom. The number of amides is 1. The molecule has 0 saturated carbocycles. The molecule has 5 heteroatoms.